The van der Waals surface area contributed by atoms with Crippen molar-refractivity contribution in [2.24, 2.45) is 5.92 Å². The molecule has 1 aliphatic rings. The van der Waals surface area contributed by atoms with Gasteiger partial charge in [-0.2, -0.15) is 0 Å². The summed E-state index contributed by atoms with van der Waals surface area (Å²) in [7, 11) is 0. The number of aromatic nitrogens is 3. The molecular weight excluding hydrogens is 380 g/mol. The highest BCUT2D eigenvalue weighted by Crippen LogP contribution is 2.27. The van der Waals surface area contributed by atoms with E-state index >= 15 is 0 Å². The quantitative estimate of drug-likeness (QED) is 0.638. The average molecular weight is 404 g/mol. The zero-order chi connectivity index (χ0) is 21.1. The molecule has 1 fully saturated rings. The Balaban J connectivity index is 1.37. The van der Waals surface area contributed by atoms with E-state index in [1.54, 1.807) is 20.0 Å². The Kier molecular flexibility index (Phi) is 5.68. The van der Waals surface area contributed by atoms with E-state index in [9.17, 15) is 9.90 Å². The molecule has 2 aromatic heterocycles. The lowest BCUT2D eigenvalue weighted by Crippen LogP contribution is -2.42. The molecule has 2 N–H and O–H groups in total. The number of nitrogens with zero attached hydrogens (tertiary/aromatic N) is 3. The maximum atomic E-state index is 11.0. The van der Waals surface area contributed by atoms with Crippen LogP contribution in [0.1, 0.15) is 49.9 Å². The fourth-order valence-electron chi connectivity index (χ4n) is 3.56. The second-order valence-electron chi connectivity index (χ2n) is 7.68. The number of hydrogen-bond acceptors (Lipinski definition) is 5. The minimum absolute atomic E-state index is 0.0194. The second kappa shape index (κ2) is 8.56. The molecule has 1 saturated carbocycles. The lowest BCUT2D eigenvalue weighted by molar-refractivity contribution is -0.120. The van der Waals surface area contributed by atoms with Crippen molar-refractivity contribution in [2.45, 2.75) is 45.4 Å². The molecule has 0 radical (unpaired) electrons. The van der Waals surface area contributed by atoms with Crippen LogP contribution >= 0.6 is 0 Å². The lowest BCUT2D eigenvalue weighted by Gasteiger charge is -2.32. The third-order valence-corrected chi connectivity index (χ3v) is 5.15. The standard InChI is InChI=1S/C23H24N4O3/c1-15(28)23-24-9-10-27(23)14-21-13-22(30-26-21)19-7-5-17(6-8-19)3-4-18-11-20(12-18)25-16(2)29/h5-10,13,15,18,20,28H,11-12,14H2,1-2H3,(H,25,29)/t15-,18-,20-/m0/s1. The Labute approximate surface area is 175 Å². The third kappa shape index (κ3) is 4.61. The van der Waals surface area contributed by atoms with E-state index in [-0.39, 0.29) is 11.9 Å². The number of benzene rings is 1. The Morgan fingerprint density at radius 2 is 2.13 bits per heavy atom. The molecule has 1 amide bonds. The minimum atomic E-state index is -0.642. The van der Waals surface area contributed by atoms with Crippen molar-refractivity contribution in [3.63, 3.8) is 0 Å². The van der Waals surface area contributed by atoms with Crippen molar-refractivity contribution in [3.05, 3.63) is 59.8 Å². The smallest absolute Gasteiger partial charge is 0.217 e. The summed E-state index contributed by atoms with van der Waals surface area (Å²) < 4.78 is 7.34. The first-order chi connectivity index (χ1) is 14.5. The van der Waals surface area contributed by atoms with Crippen LogP contribution in [-0.4, -0.2) is 31.8 Å². The number of rotatable bonds is 5. The van der Waals surface area contributed by atoms with Crippen LogP contribution in [0.15, 0.2) is 47.2 Å². The average Bonchev–Trinajstić information content (AvgIpc) is 3.34. The van der Waals surface area contributed by atoms with Crippen LogP contribution in [0.3, 0.4) is 0 Å². The van der Waals surface area contributed by atoms with E-state index in [0.29, 0.717) is 24.0 Å². The number of aliphatic hydroxyl groups excluding tert-OH is 1. The number of amides is 1. The van der Waals surface area contributed by atoms with Crippen LogP contribution < -0.4 is 5.32 Å². The first-order valence-electron chi connectivity index (χ1n) is 10.0. The van der Waals surface area contributed by atoms with Crippen LogP contribution in [0.2, 0.25) is 0 Å². The van der Waals surface area contributed by atoms with Crippen molar-refractivity contribution < 1.29 is 14.4 Å². The van der Waals surface area contributed by atoms with E-state index in [0.717, 1.165) is 29.7 Å². The fourth-order valence-corrected chi connectivity index (χ4v) is 3.56. The molecule has 7 heteroatoms. The van der Waals surface area contributed by atoms with Gasteiger partial charge >= 0.3 is 0 Å². The molecule has 2 heterocycles. The van der Waals surface area contributed by atoms with E-state index < -0.39 is 6.10 Å². The Bertz CT molecular complexity index is 1080. The first-order valence-corrected chi connectivity index (χ1v) is 10.0. The molecule has 1 atom stereocenters. The topological polar surface area (TPSA) is 93.2 Å². The Hall–Kier alpha value is -3.37. The van der Waals surface area contributed by atoms with Gasteiger partial charge in [0.05, 0.1) is 6.54 Å². The summed E-state index contributed by atoms with van der Waals surface area (Å²) in [6.45, 7) is 3.71. The summed E-state index contributed by atoms with van der Waals surface area (Å²) in [5, 5.41) is 16.8. The molecule has 0 spiro atoms. The van der Waals surface area contributed by atoms with E-state index in [1.165, 1.54) is 0 Å². The van der Waals surface area contributed by atoms with E-state index in [1.807, 2.05) is 41.1 Å². The number of nitrogens with one attached hydrogen (secondary N) is 1. The SMILES string of the molecule is CC(=O)N[C@H]1C[C@H](C#Cc2ccc(-c3cc(Cn4ccnc4[C@H](C)O)no3)cc2)C1. The van der Waals surface area contributed by atoms with Gasteiger partial charge in [0.25, 0.3) is 0 Å². The van der Waals surface area contributed by atoms with Gasteiger partial charge in [-0.3, -0.25) is 4.79 Å². The summed E-state index contributed by atoms with van der Waals surface area (Å²) in [5.41, 5.74) is 2.63. The molecule has 3 aromatic rings. The molecule has 4 rings (SSSR count). The highest BCUT2D eigenvalue weighted by molar-refractivity contribution is 5.73. The Morgan fingerprint density at radius 1 is 1.37 bits per heavy atom. The van der Waals surface area contributed by atoms with E-state index in [4.69, 9.17) is 4.52 Å². The molecule has 30 heavy (non-hydrogen) atoms. The van der Waals surface area contributed by atoms with Crippen molar-refractivity contribution in [1.82, 2.24) is 20.0 Å². The molecule has 0 unspecified atom stereocenters. The predicted octanol–water partition coefficient (Wildman–Crippen LogP) is 2.91. The molecule has 0 saturated heterocycles. The maximum absolute atomic E-state index is 11.0. The van der Waals surface area contributed by atoms with Gasteiger partial charge in [0, 0.05) is 48.5 Å². The summed E-state index contributed by atoms with van der Waals surface area (Å²) >= 11 is 0. The number of carbonyl (C=O) groups is 1. The maximum Gasteiger partial charge on any atom is 0.217 e. The summed E-state index contributed by atoms with van der Waals surface area (Å²) in [6.07, 6.45) is 4.66. The summed E-state index contributed by atoms with van der Waals surface area (Å²) in [5.74, 6) is 8.12. The molecule has 1 aromatic carbocycles. The van der Waals surface area contributed by atoms with Gasteiger partial charge in [0.1, 0.15) is 17.6 Å². The van der Waals surface area contributed by atoms with Gasteiger partial charge in [0.15, 0.2) is 5.76 Å². The van der Waals surface area contributed by atoms with Crippen LogP contribution in [0.25, 0.3) is 11.3 Å². The predicted molar refractivity (Wildman–Crippen MR) is 111 cm³/mol. The normalized spacial score (nSPS) is 18.8. The zero-order valence-corrected chi connectivity index (χ0v) is 17.0. The van der Waals surface area contributed by atoms with Gasteiger partial charge in [-0.05, 0) is 44.0 Å². The zero-order valence-electron chi connectivity index (χ0n) is 17.0. The van der Waals surface area contributed by atoms with Gasteiger partial charge < -0.3 is 19.5 Å². The van der Waals surface area contributed by atoms with Crippen LogP contribution in [0.5, 0.6) is 0 Å². The molecule has 0 aliphatic heterocycles. The highest BCUT2D eigenvalue weighted by atomic mass is 16.5. The molecule has 154 valence electrons. The van der Waals surface area contributed by atoms with Gasteiger partial charge in [-0.25, -0.2) is 4.98 Å². The van der Waals surface area contributed by atoms with Gasteiger partial charge in [-0.1, -0.05) is 17.0 Å². The largest absolute Gasteiger partial charge is 0.385 e. The number of hydrogen-bond donors (Lipinski definition) is 2. The first kappa shape index (κ1) is 19.9. The number of carbonyl (C=O) groups excluding carboxylic acids is 1. The summed E-state index contributed by atoms with van der Waals surface area (Å²) in [4.78, 5) is 15.2. The van der Waals surface area contributed by atoms with Gasteiger partial charge in [-0.15, -0.1) is 0 Å². The molecule has 0 bridgehead atoms. The van der Waals surface area contributed by atoms with Crippen LogP contribution in [0.4, 0.5) is 0 Å². The molecule has 7 nitrogen and oxygen atoms in total. The summed E-state index contributed by atoms with van der Waals surface area (Å²) in [6, 6.07) is 10.0. The van der Waals surface area contributed by atoms with Crippen molar-refractivity contribution in [1.29, 1.82) is 0 Å². The Morgan fingerprint density at radius 3 is 2.83 bits per heavy atom. The van der Waals surface area contributed by atoms with Crippen LogP contribution in [0, 0.1) is 17.8 Å². The van der Waals surface area contributed by atoms with Crippen molar-refractivity contribution in [2.75, 3.05) is 0 Å². The third-order valence-electron chi connectivity index (χ3n) is 5.15. The minimum Gasteiger partial charge on any atom is -0.385 e. The molecular formula is C23H24N4O3. The monoisotopic (exact) mass is 404 g/mol. The van der Waals surface area contributed by atoms with Crippen LogP contribution in [-0.2, 0) is 11.3 Å². The van der Waals surface area contributed by atoms with Gasteiger partial charge in [0.2, 0.25) is 5.91 Å². The van der Waals surface area contributed by atoms with Crippen molar-refractivity contribution >= 4 is 5.91 Å². The lowest BCUT2D eigenvalue weighted by atomic mass is 9.80. The van der Waals surface area contributed by atoms with Crippen molar-refractivity contribution in [3.8, 4) is 23.2 Å². The van der Waals surface area contributed by atoms with E-state index in [2.05, 4.69) is 27.3 Å². The number of aliphatic hydroxyl groups is 1. The molecule has 1 aliphatic carbocycles. The second-order valence-corrected chi connectivity index (χ2v) is 7.68. The number of imidazole rings is 1. The highest BCUT2D eigenvalue weighted by Gasteiger charge is 2.27. The fraction of sp³-hybridized carbons (Fsp3) is 0.348.